The number of H-pyrrole nitrogens is 1. The molecule has 1 aliphatic heterocycles. The van der Waals surface area contributed by atoms with Gasteiger partial charge in [-0.2, -0.15) is 0 Å². The molecule has 1 saturated heterocycles. The summed E-state index contributed by atoms with van der Waals surface area (Å²) < 4.78 is 0.249. The zero-order chi connectivity index (χ0) is 14.0. The van der Waals surface area contributed by atoms with Gasteiger partial charge in [0.2, 0.25) is 0 Å². The lowest BCUT2D eigenvalue weighted by atomic mass is 10.2. The van der Waals surface area contributed by atoms with Crippen molar-refractivity contribution in [1.82, 2.24) is 9.88 Å². The van der Waals surface area contributed by atoms with Crippen molar-refractivity contribution in [3.05, 3.63) is 28.9 Å². The van der Waals surface area contributed by atoms with E-state index in [4.69, 9.17) is 12.2 Å². The highest BCUT2D eigenvalue weighted by Gasteiger charge is 2.36. The zero-order valence-electron chi connectivity index (χ0n) is 10.1. The smallest absolute Gasteiger partial charge is 0.266 e. The number of hydrogen-bond acceptors (Lipinski definition) is 5. The zero-order valence-corrected chi connectivity index (χ0v) is 11.7. The molecule has 5 nitrogen and oxygen atoms in total. The Kier molecular flexibility index (Phi) is 4.06. The van der Waals surface area contributed by atoms with E-state index in [0.29, 0.717) is 4.91 Å². The number of nitrogens with one attached hydrogen (secondary N) is 1. The Morgan fingerprint density at radius 2 is 2.42 bits per heavy atom. The van der Waals surface area contributed by atoms with E-state index in [9.17, 15) is 14.7 Å². The van der Waals surface area contributed by atoms with Gasteiger partial charge in [0.15, 0.2) is 0 Å². The largest absolute Gasteiger partial charge is 0.548 e. The lowest BCUT2D eigenvalue weighted by molar-refractivity contribution is -0.310. The van der Waals surface area contributed by atoms with Gasteiger partial charge >= 0.3 is 0 Å². The summed E-state index contributed by atoms with van der Waals surface area (Å²) >= 11 is 6.18. The molecule has 0 spiro atoms. The van der Waals surface area contributed by atoms with Gasteiger partial charge in [-0.15, -0.1) is 0 Å². The molecule has 0 radical (unpaired) electrons. The first kappa shape index (κ1) is 13.8. The van der Waals surface area contributed by atoms with Crippen LogP contribution in [0.3, 0.4) is 0 Å². The number of aromatic nitrogens is 1. The molecule has 2 rings (SSSR count). The van der Waals surface area contributed by atoms with E-state index in [0.717, 1.165) is 22.4 Å². The first-order chi connectivity index (χ1) is 9.04. The van der Waals surface area contributed by atoms with E-state index >= 15 is 0 Å². The van der Waals surface area contributed by atoms with Crippen molar-refractivity contribution in [1.29, 1.82) is 0 Å². The van der Waals surface area contributed by atoms with Crippen LogP contribution < -0.4 is 5.11 Å². The molecule has 1 N–H and O–H groups in total. The van der Waals surface area contributed by atoms with E-state index in [1.54, 1.807) is 19.2 Å². The molecule has 7 heteroatoms. The third-order valence-electron chi connectivity index (χ3n) is 2.70. The third kappa shape index (κ3) is 2.71. The maximum absolute atomic E-state index is 12.2. The van der Waals surface area contributed by atoms with Crippen LogP contribution >= 0.6 is 24.0 Å². The van der Waals surface area contributed by atoms with Gasteiger partial charge in [-0.25, -0.2) is 0 Å². The number of rotatable bonds is 4. The maximum atomic E-state index is 12.2. The molecule has 19 heavy (non-hydrogen) atoms. The topological polar surface area (TPSA) is 76.2 Å². The number of aliphatic carboxylic acids is 1. The minimum atomic E-state index is -1.29. The molecule has 100 valence electrons. The number of thioether (sulfide) groups is 1. The maximum Gasteiger partial charge on any atom is 0.266 e. The molecule has 0 aliphatic carbocycles. The number of hydrogen-bond donors (Lipinski definition) is 1. The number of carbonyl (C=O) groups is 2. The average molecular weight is 295 g/mol. The molecule has 0 aromatic carbocycles. The Morgan fingerprint density at radius 1 is 1.68 bits per heavy atom. The fourth-order valence-corrected chi connectivity index (χ4v) is 3.13. The van der Waals surface area contributed by atoms with Crippen molar-refractivity contribution >= 4 is 46.3 Å². The number of carbonyl (C=O) groups excluding carboxylic acids is 2. The van der Waals surface area contributed by atoms with Crippen LogP contribution in [0.5, 0.6) is 0 Å². The Labute approximate surface area is 119 Å². The van der Waals surface area contributed by atoms with Crippen molar-refractivity contribution in [2.75, 3.05) is 0 Å². The summed E-state index contributed by atoms with van der Waals surface area (Å²) in [5.41, 5.74) is 0.766. The fourth-order valence-electron chi connectivity index (χ4n) is 1.78. The molecule has 2 heterocycles. The molecular formula is C12H11N2O3S2-. The van der Waals surface area contributed by atoms with Gasteiger partial charge in [-0.3, -0.25) is 9.69 Å². The third-order valence-corrected chi connectivity index (χ3v) is 4.03. The first-order valence-electron chi connectivity index (χ1n) is 5.66. The summed E-state index contributed by atoms with van der Waals surface area (Å²) in [7, 11) is 0. The Balaban J connectivity index is 2.28. The van der Waals surface area contributed by atoms with E-state index in [2.05, 4.69) is 4.98 Å². The number of thiocarbonyl (C=S) groups is 1. The van der Waals surface area contributed by atoms with Gasteiger partial charge in [0.1, 0.15) is 4.32 Å². The van der Waals surface area contributed by atoms with Crippen LogP contribution in [-0.4, -0.2) is 32.1 Å². The van der Waals surface area contributed by atoms with Crippen LogP contribution in [0.2, 0.25) is 0 Å². The van der Waals surface area contributed by atoms with Gasteiger partial charge in [0.25, 0.3) is 5.91 Å². The van der Waals surface area contributed by atoms with Crippen LogP contribution in [0.1, 0.15) is 19.0 Å². The minimum absolute atomic E-state index is 0.249. The van der Waals surface area contributed by atoms with Crippen LogP contribution in [-0.2, 0) is 9.59 Å². The Bertz CT molecular complexity index is 551. The highest BCUT2D eigenvalue weighted by atomic mass is 32.2. The van der Waals surface area contributed by atoms with Crippen LogP contribution in [0.4, 0.5) is 0 Å². The van der Waals surface area contributed by atoms with E-state index in [1.165, 1.54) is 0 Å². The summed E-state index contributed by atoms with van der Waals surface area (Å²) in [5.74, 6) is -1.68. The summed E-state index contributed by atoms with van der Waals surface area (Å²) in [6.07, 6.45) is 3.65. The summed E-state index contributed by atoms with van der Waals surface area (Å²) in [4.78, 5) is 27.7. The molecule has 1 amide bonds. The van der Waals surface area contributed by atoms with Crippen molar-refractivity contribution in [2.45, 2.75) is 19.4 Å². The standard InChI is InChI=1S/C12H12N2O3S2/c1-2-8(11(16)17)14-10(15)9(19-12(14)18)6-7-4-3-5-13-7/h3-6,8,13H,2H2,1H3,(H,16,17)/p-1/b9-6-/t8-/m0/s1. The molecule has 1 aromatic heterocycles. The predicted molar refractivity (Wildman–Crippen MR) is 74.9 cm³/mol. The minimum Gasteiger partial charge on any atom is -0.548 e. The van der Waals surface area contributed by atoms with Crippen LogP contribution in [0.15, 0.2) is 23.2 Å². The molecule has 0 unspecified atom stereocenters. The molecule has 0 saturated carbocycles. The monoisotopic (exact) mass is 295 g/mol. The predicted octanol–water partition coefficient (Wildman–Crippen LogP) is 0.744. The van der Waals surface area contributed by atoms with Crippen molar-refractivity contribution in [2.24, 2.45) is 0 Å². The van der Waals surface area contributed by atoms with Gasteiger partial charge in [0, 0.05) is 11.9 Å². The second-order valence-corrected chi connectivity index (χ2v) is 5.60. The number of amides is 1. The van der Waals surface area contributed by atoms with Gasteiger partial charge < -0.3 is 14.9 Å². The number of aromatic amines is 1. The lowest BCUT2D eigenvalue weighted by Gasteiger charge is -2.26. The normalized spacial score (nSPS) is 19.2. The fraction of sp³-hybridized carbons (Fsp3) is 0.250. The Hall–Kier alpha value is -1.60. The van der Waals surface area contributed by atoms with Crippen molar-refractivity contribution in [3.63, 3.8) is 0 Å². The first-order valence-corrected chi connectivity index (χ1v) is 6.88. The number of carboxylic acids is 1. The van der Waals surface area contributed by atoms with Crippen molar-refractivity contribution < 1.29 is 14.7 Å². The second kappa shape index (κ2) is 5.58. The number of carboxylic acid groups (broad SMARTS) is 1. The highest BCUT2D eigenvalue weighted by Crippen LogP contribution is 2.34. The molecule has 1 aliphatic rings. The highest BCUT2D eigenvalue weighted by molar-refractivity contribution is 8.26. The summed E-state index contributed by atoms with van der Waals surface area (Å²) in [5, 5.41) is 11.0. The average Bonchev–Trinajstić information content (AvgIpc) is 2.94. The summed E-state index contributed by atoms with van der Waals surface area (Å²) in [6.45, 7) is 1.67. The molecular weight excluding hydrogens is 284 g/mol. The van der Waals surface area contributed by atoms with E-state index < -0.39 is 12.0 Å². The van der Waals surface area contributed by atoms with Crippen molar-refractivity contribution in [3.8, 4) is 0 Å². The van der Waals surface area contributed by atoms with Gasteiger partial charge in [-0.1, -0.05) is 30.9 Å². The summed E-state index contributed by atoms with van der Waals surface area (Å²) in [6, 6.07) is 2.60. The van der Waals surface area contributed by atoms with Gasteiger partial charge in [-0.05, 0) is 24.6 Å². The van der Waals surface area contributed by atoms with Crippen LogP contribution in [0.25, 0.3) is 6.08 Å². The molecule has 1 atom stereocenters. The SMILES string of the molecule is CC[C@@H](C(=O)[O-])N1C(=O)/C(=C/c2ccc[nH]2)SC1=S. The Morgan fingerprint density at radius 3 is 2.95 bits per heavy atom. The quantitative estimate of drug-likeness (QED) is 0.655. The molecule has 0 bridgehead atoms. The van der Waals surface area contributed by atoms with Crippen LogP contribution in [0, 0.1) is 0 Å². The second-order valence-electron chi connectivity index (χ2n) is 3.92. The number of nitrogens with zero attached hydrogens (tertiary/aromatic N) is 1. The molecule has 1 fully saturated rings. The molecule has 1 aromatic rings. The van der Waals surface area contributed by atoms with E-state index in [1.807, 2.05) is 12.1 Å². The van der Waals surface area contributed by atoms with Gasteiger partial charge in [0.05, 0.1) is 16.9 Å². The lowest BCUT2D eigenvalue weighted by Crippen LogP contribution is -2.49. The van der Waals surface area contributed by atoms with E-state index in [-0.39, 0.29) is 16.6 Å².